The molecule has 0 fully saturated rings. The second kappa shape index (κ2) is 6.06. The van der Waals surface area contributed by atoms with Gasteiger partial charge in [0.05, 0.1) is 7.11 Å². The van der Waals surface area contributed by atoms with E-state index >= 15 is 0 Å². The Hall–Kier alpha value is -0.510. The first-order chi connectivity index (χ1) is 5.36. The van der Waals surface area contributed by atoms with Crippen molar-refractivity contribution in [3.63, 3.8) is 0 Å². The van der Waals surface area contributed by atoms with Crippen molar-refractivity contribution < 1.29 is 34.3 Å². The third-order valence-electron chi connectivity index (χ3n) is 1.32. The van der Waals surface area contributed by atoms with E-state index in [0.717, 1.165) is 11.3 Å². The Kier molecular flexibility index (Phi) is 5.80. The second-order valence-electron chi connectivity index (χ2n) is 2.01. The summed E-state index contributed by atoms with van der Waals surface area (Å²) in [4.78, 5) is 0. The minimum atomic E-state index is 0. The van der Waals surface area contributed by atoms with Crippen molar-refractivity contribution in [2.24, 2.45) is 5.16 Å². The molecule has 0 aliphatic carbocycles. The molecule has 0 spiro atoms. The Morgan fingerprint density at radius 1 is 1.33 bits per heavy atom. The molecule has 0 aromatic heterocycles. The summed E-state index contributed by atoms with van der Waals surface area (Å²) in [5, 5.41) is 12.4. The quantitative estimate of drug-likeness (QED) is 0.314. The number of ether oxygens (including phenoxy) is 1. The van der Waals surface area contributed by atoms with Crippen LogP contribution in [0.1, 0.15) is 5.56 Å². The summed E-state index contributed by atoms with van der Waals surface area (Å²) in [6.45, 7) is 0. The summed E-state index contributed by atoms with van der Waals surface area (Å²) >= 11 is 0. The zero-order chi connectivity index (χ0) is 8.10. The van der Waals surface area contributed by atoms with Crippen LogP contribution in [0.3, 0.4) is 0 Å². The minimum Gasteiger partial charge on any atom is -0.792 e. The maximum Gasteiger partial charge on any atom is 1.00 e. The molecule has 4 heteroatoms. The van der Waals surface area contributed by atoms with E-state index in [1.165, 1.54) is 6.21 Å². The molecule has 0 amide bonds. The van der Waals surface area contributed by atoms with Gasteiger partial charge in [0.15, 0.2) is 0 Å². The summed E-state index contributed by atoms with van der Waals surface area (Å²) in [5.74, 6) is 0.771. The van der Waals surface area contributed by atoms with Crippen LogP contribution in [0.15, 0.2) is 29.4 Å². The van der Waals surface area contributed by atoms with Crippen molar-refractivity contribution in [3.05, 3.63) is 35.0 Å². The molecule has 1 aromatic carbocycles. The van der Waals surface area contributed by atoms with Crippen molar-refractivity contribution >= 4 is 6.21 Å². The van der Waals surface area contributed by atoms with Gasteiger partial charge in [-0.15, -0.1) is 0 Å². The van der Waals surface area contributed by atoms with E-state index in [2.05, 4.69) is 5.16 Å². The summed E-state index contributed by atoms with van der Waals surface area (Å²) in [5.41, 5.74) is 0.779. The molecule has 0 radical (unpaired) electrons. The molecule has 0 saturated carbocycles. The van der Waals surface area contributed by atoms with Gasteiger partial charge in [-0.3, -0.25) is 0 Å². The molecule has 0 saturated heterocycles. The smallest absolute Gasteiger partial charge is 0.792 e. The van der Waals surface area contributed by atoms with E-state index in [1.54, 1.807) is 31.4 Å². The van der Waals surface area contributed by atoms with Gasteiger partial charge in [-0.2, -0.15) is 0 Å². The first-order valence-corrected chi connectivity index (χ1v) is 3.16. The molecule has 12 heavy (non-hydrogen) atoms. The van der Waals surface area contributed by atoms with Gasteiger partial charge in [0.1, 0.15) is 5.75 Å². The van der Waals surface area contributed by atoms with Crippen molar-refractivity contribution in [1.29, 1.82) is 0 Å². The fraction of sp³-hybridized carbons (Fsp3) is 0.125. The van der Waals surface area contributed by atoms with Gasteiger partial charge >= 0.3 is 29.6 Å². The predicted molar refractivity (Wildman–Crippen MR) is 44.0 cm³/mol. The van der Waals surface area contributed by atoms with Crippen molar-refractivity contribution in [2.75, 3.05) is 7.11 Å². The van der Waals surface area contributed by atoms with Crippen LogP contribution in [0.5, 0.6) is 5.75 Å². The molecule has 1 aromatic rings. The van der Waals surface area contributed by atoms with Crippen LogP contribution in [-0.4, -0.2) is 13.3 Å². The number of nitrogens with zero attached hydrogens (tertiary/aromatic N) is 1. The molecule has 0 bridgehead atoms. The number of hydrogen-bond donors (Lipinski definition) is 0. The Morgan fingerprint density at radius 3 is 2.33 bits per heavy atom. The molecule has 0 aliphatic heterocycles. The van der Waals surface area contributed by atoms with Crippen molar-refractivity contribution in [2.45, 2.75) is 0 Å². The van der Waals surface area contributed by atoms with E-state index in [9.17, 15) is 5.21 Å². The van der Waals surface area contributed by atoms with Crippen LogP contribution in [0.25, 0.3) is 0 Å². The van der Waals surface area contributed by atoms with Crippen LogP contribution in [0, 0.1) is 5.21 Å². The van der Waals surface area contributed by atoms with Crippen LogP contribution < -0.4 is 34.3 Å². The fourth-order valence-electron chi connectivity index (χ4n) is 0.751. The van der Waals surface area contributed by atoms with Gasteiger partial charge in [0.25, 0.3) is 0 Å². The SMILES string of the molecule is COc1ccc(/C=N\[O-])cc1.[Na+]. The zero-order valence-corrected chi connectivity index (χ0v) is 9.15. The Bertz CT molecular complexity index is 246. The third kappa shape index (κ3) is 3.26. The fourth-order valence-corrected chi connectivity index (χ4v) is 0.751. The maximum absolute atomic E-state index is 9.79. The zero-order valence-electron chi connectivity index (χ0n) is 7.15. The van der Waals surface area contributed by atoms with Crippen molar-refractivity contribution in [1.82, 2.24) is 0 Å². The minimum absolute atomic E-state index is 0. The van der Waals surface area contributed by atoms with Gasteiger partial charge in [-0.25, -0.2) is 0 Å². The first-order valence-electron chi connectivity index (χ1n) is 3.16. The molecule has 0 atom stereocenters. The largest absolute Gasteiger partial charge is 1.00 e. The van der Waals surface area contributed by atoms with Gasteiger partial charge in [0.2, 0.25) is 0 Å². The molecule has 0 aliphatic rings. The van der Waals surface area contributed by atoms with Crippen LogP contribution in [0.4, 0.5) is 0 Å². The molecule has 0 N–H and O–H groups in total. The van der Waals surface area contributed by atoms with Gasteiger partial charge in [-0.05, 0) is 29.8 Å². The second-order valence-corrected chi connectivity index (χ2v) is 2.01. The van der Waals surface area contributed by atoms with E-state index in [0.29, 0.717) is 0 Å². The molecule has 1 rings (SSSR count). The Labute approximate surface area is 93.3 Å². The van der Waals surface area contributed by atoms with E-state index in [4.69, 9.17) is 4.74 Å². The van der Waals surface area contributed by atoms with E-state index in [1.807, 2.05) is 0 Å². The molecule has 0 unspecified atom stereocenters. The Balaban J connectivity index is 0.00000121. The number of methoxy groups -OCH3 is 1. The van der Waals surface area contributed by atoms with Gasteiger partial charge in [-0.1, -0.05) is 0 Å². The normalized spacial score (nSPS) is 9.42. The summed E-state index contributed by atoms with van der Waals surface area (Å²) < 4.78 is 4.92. The van der Waals surface area contributed by atoms with Crippen LogP contribution >= 0.6 is 0 Å². The standard InChI is InChI=1S/C8H9NO2.Na/c1-11-8-4-2-7(3-5-8)6-9-10;/h2-6,10H,1H3;/q;+1/p-1/b9-6-;. The average molecular weight is 173 g/mol. The average Bonchev–Trinajstić information content (AvgIpc) is 2.07. The summed E-state index contributed by atoms with van der Waals surface area (Å²) in [6, 6.07) is 7.08. The number of hydrogen-bond acceptors (Lipinski definition) is 3. The third-order valence-corrected chi connectivity index (χ3v) is 1.32. The topological polar surface area (TPSA) is 44.6 Å². The van der Waals surface area contributed by atoms with Gasteiger partial charge in [0, 0.05) is 6.21 Å². The molecular formula is C8H8NNaO2. The van der Waals surface area contributed by atoms with Crippen molar-refractivity contribution in [3.8, 4) is 5.75 Å². The van der Waals surface area contributed by atoms with E-state index in [-0.39, 0.29) is 29.6 Å². The summed E-state index contributed by atoms with van der Waals surface area (Å²) in [6.07, 6.45) is 1.25. The van der Waals surface area contributed by atoms with Crippen LogP contribution in [-0.2, 0) is 0 Å². The number of rotatable bonds is 2. The maximum atomic E-state index is 9.79. The van der Waals surface area contributed by atoms with E-state index < -0.39 is 0 Å². The number of benzene rings is 1. The molecule has 58 valence electrons. The molecule has 3 nitrogen and oxygen atoms in total. The van der Waals surface area contributed by atoms with Crippen LogP contribution in [0.2, 0.25) is 0 Å². The first kappa shape index (κ1) is 11.5. The molecule has 0 heterocycles. The monoisotopic (exact) mass is 173 g/mol. The predicted octanol–water partition coefficient (Wildman–Crippen LogP) is -1.38. The van der Waals surface area contributed by atoms with Gasteiger partial charge < -0.3 is 15.1 Å². The summed E-state index contributed by atoms with van der Waals surface area (Å²) in [7, 11) is 1.59. The Morgan fingerprint density at radius 2 is 1.92 bits per heavy atom. The molecular weight excluding hydrogens is 165 g/mol.